The lowest BCUT2D eigenvalue weighted by molar-refractivity contribution is -0.121. The van der Waals surface area contributed by atoms with Crippen LogP contribution < -0.4 is 5.32 Å². The number of carbonyl (C=O) groups excluding carboxylic acids is 2. The van der Waals surface area contributed by atoms with Gasteiger partial charge in [-0.15, -0.1) is 0 Å². The predicted octanol–water partition coefficient (Wildman–Crippen LogP) is 2.17. The minimum Gasteiger partial charge on any atom is -0.459 e. The SMILES string of the molecule is O=C(Nc1ccncc1)[C@H]1CCCN(C(=O)c2ccco2)C1. The number of carbonyl (C=O) groups is 2. The van der Waals surface area contributed by atoms with E-state index in [9.17, 15) is 9.59 Å². The summed E-state index contributed by atoms with van der Waals surface area (Å²) in [5.74, 6) is -0.120. The third-order valence-corrected chi connectivity index (χ3v) is 3.76. The molecule has 3 heterocycles. The second kappa shape index (κ2) is 6.43. The summed E-state index contributed by atoms with van der Waals surface area (Å²) in [5.41, 5.74) is 0.717. The van der Waals surface area contributed by atoms with Crippen LogP contribution >= 0.6 is 0 Å². The monoisotopic (exact) mass is 299 g/mol. The molecule has 6 heteroatoms. The number of nitrogens with one attached hydrogen (secondary N) is 1. The van der Waals surface area contributed by atoms with Crippen LogP contribution in [0.3, 0.4) is 0 Å². The molecule has 1 fully saturated rings. The number of amides is 2. The summed E-state index contributed by atoms with van der Waals surface area (Å²) in [6.07, 6.45) is 6.32. The molecule has 1 saturated heterocycles. The average Bonchev–Trinajstić information content (AvgIpc) is 3.09. The second-order valence-electron chi connectivity index (χ2n) is 5.29. The van der Waals surface area contributed by atoms with E-state index in [0.717, 1.165) is 18.5 Å². The van der Waals surface area contributed by atoms with Crippen molar-refractivity contribution in [1.29, 1.82) is 0 Å². The van der Waals surface area contributed by atoms with Crippen molar-refractivity contribution in [1.82, 2.24) is 9.88 Å². The first-order chi connectivity index (χ1) is 10.7. The van der Waals surface area contributed by atoms with E-state index >= 15 is 0 Å². The van der Waals surface area contributed by atoms with Crippen molar-refractivity contribution in [2.75, 3.05) is 18.4 Å². The number of hydrogen-bond donors (Lipinski definition) is 1. The molecule has 3 rings (SSSR count). The Morgan fingerprint density at radius 3 is 2.82 bits per heavy atom. The van der Waals surface area contributed by atoms with E-state index < -0.39 is 0 Å². The van der Waals surface area contributed by atoms with Gasteiger partial charge in [-0.25, -0.2) is 0 Å². The zero-order valence-electron chi connectivity index (χ0n) is 12.1. The van der Waals surface area contributed by atoms with Gasteiger partial charge < -0.3 is 14.6 Å². The number of aromatic nitrogens is 1. The van der Waals surface area contributed by atoms with Crippen molar-refractivity contribution in [2.45, 2.75) is 12.8 Å². The van der Waals surface area contributed by atoms with Crippen molar-refractivity contribution < 1.29 is 14.0 Å². The summed E-state index contributed by atoms with van der Waals surface area (Å²) in [6.45, 7) is 1.06. The van der Waals surface area contributed by atoms with Gasteiger partial charge in [-0.05, 0) is 37.1 Å². The van der Waals surface area contributed by atoms with Gasteiger partial charge in [-0.3, -0.25) is 14.6 Å². The maximum absolute atomic E-state index is 12.3. The van der Waals surface area contributed by atoms with E-state index in [2.05, 4.69) is 10.3 Å². The molecule has 6 nitrogen and oxygen atoms in total. The molecule has 114 valence electrons. The van der Waals surface area contributed by atoms with Crippen molar-refractivity contribution >= 4 is 17.5 Å². The lowest BCUT2D eigenvalue weighted by Gasteiger charge is -2.31. The van der Waals surface area contributed by atoms with Gasteiger partial charge in [0.25, 0.3) is 5.91 Å². The molecule has 2 aromatic heterocycles. The highest BCUT2D eigenvalue weighted by Crippen LogP contribution is 2.20. The molecule has 1 atom stereocenters. The number of anilines is 1. The van der Waals surface area contributed by atoms with Crippen LogP contribution in [-0.2, 0) is 4.79 Å². The maximum atomic E-state index is 12.3. The lowest BCUT2D eigenvalue weighted by Crippen LogP contribution is -2.43. The molecule has 0 spiro atoms. The summed E-state index contributed by atoms with van der Waals surface area (Å²) in [4.78, 5) is 30.2. The third-order valence-electron chi connectivity index (χ3n) is 3.76. The molecule has 1 N–H and O–H groups in total. The van der Waals surface area contributed by atoms with Crippen molar-refractivity contribution in [3.63, 3.8) is 0 Å². The fourth-order valence-electron chi connectivity index (χ4n) is 2.61. The Balaban J connectivity index is 1.63. The zero-order valence-corrected chi connectivity index (χ0v) is 12.1. The first kappa shape index (κ1) is 14.3. The van der Waals surface area contributed by atoms with E-state index in [4.69, 9.17) is 4.42 Å². The van der Waals surface area contributed by atoms with E-state index in [-0.39, 0.29) is 17.7 Å². The van der Waals surface area contributed by atoms with Gasteiger partial charge in [0.05, 0.1) is 12.2 Å². The van der Waals surface area contributed by atoms with Gasteiger partial charge in [-0.1, -0.05) is 0 Å². The predicted molar refractivity (Wildman–Crippen MR) is 80.2 cm³/mol. The van der Waals surface area contributed by atoms with Crippen LogP contribution in [0, 0.1) is 5.92 Å². The van der Waals surface area contributed by atoms with Crippen LogP contribution in [0.25, 0.3) is 0 Å². The van der Waals surface area contributed by atoms with Gasteiger partial charge in [-0.2, -0.15) is 0 Å². The molecular formula is C16H17N3O3. The van der Waals surface area contributed by atoms with Gasteiger partial charge >= 0.3 is 0 Å². The molecule has 1 aliphatic rings. The molecule has 0 radical (unpaired) electrons. The van der Waals surface area contributed by atoms with E-state index in [1.807, 2.05) is 0 Å². The van der Waals surface area contributed by atoms with E-state index in [1.165, 1.54) is 6.26 Å². The van der Waals surface area contributed by atoms with Crippen LogP contribution in [-0.4, -0.2) is 34.8 Å². The molecule has 2 amide bonds. The molecule has 0 aliphatic carbocycles. The van der Waals surface area contributed by atoms with E-state index in [0.29, 0.717) is 18.8 Å². The Labute approximate surface area is 128 Å². The van der Waals surface area contributed by atoms with Crippen LogP contribution in [0.4, 0.5) is 5.69 Å². The largest absolute Gasteiger partial charge is 0.459 e. The van der Waals surface area contributed by atoms with E-state index in [1.54, 1.807) is 41.6 Å². The van der Waals surface area contributed by atoms with Crippen LogP contribution in [0.1, 0.15) is 23.4 Å². The molecule has 2 aromatic rings. The quantitative estimate of drug-likeness (QED) is 0.942. The van der Waals surface area contributed by atoms with Crippen LogP contribution in [0.15, 0.2) is 47.3 Å². The fraction of sp³-hybridized carbons (Fsp3) is 0.312. The smallest absolute Gasteiger partial charge is 0.289 e. The highest BCUT2D eigenvalue weighted by atomic mass is 16.3. The minimum atomic E-state index is -0.208. The second-order valence-corrected chi connectivity index (χ2v) is 5.29. The Hall–Kier alpha value is -2.63. The van der Waals surface area contributed by atoms with Gasteiger partial charge in [0.2, 0.25) is 5.91 Å². The zero-order chi connectivity index (χ0) is 15.4. The Kier molecular flexibility index (Phi) is 4.18. The molecule has 0 unspecified atom stereocenters. The summed E-state index contributed by atoms with van der Waals surface area (Å²) in [5, 5.41) is 2.87. The van der Waals surface area contributed by atoms with Gasteiger partial charge in [0, 0.05) is 31.2 Å². The van der Waals surface area contributed by atoms with Crippen molar-refractivity contribution in [3.8, 4) is 0 Å². The number of piperidine rings is 1. The average molecular weight is 299 g/mol. The molecular weight excluding hydrogens is 282 g/mol. The Bertz CT molecular complexity index is 640. The Morgan fingerprint density at radius 2 is 2.09 bits per heavy atom. The minimum absolute atomic E-state index is 0.0665. The summed E-state index contributed by atoms with van der Waals surface area (Å²) >= 11 is 0. The number of nitrogens with zero attached hydrogens (tertiary/aromatic N) is 2. The normalized spacial score (nSPS) is 18.0. The maximum Gasteiger partial charge on any atom is 0.289 e. The van der Waals surface area contributed by atoms with Crippen LogP contribution in [0.5, 0.6) is 0 Å². The molecule has 1 aliphatic heterocycles. The first-order valence-corrected chi connectivity index (χ1v) is 7.28. The molecule has 0 bridgehead atoms. The highest BCUT2D eigenvalue weighted by molar-refractivity contribution is 5.94. The number of likely N-dealkylation sites (tertiary alicyclic amines) is 1. The summed E-state index contributed by atoms with van der Waals surface area (Å²) in [6, 6.07) is 6.81. The first-order valence-electron chi connectivity index (χ1n) is 7.28. The van der Waals surface area contributed by atoms with Gasteiger partial charge in [0.1, 0.15) is 0 Å². The lowest BCUT2D eigenvalue weighted by atomic mass is 9.97. The number of furan rings is 1. The number of rotatable bonds is 3. The topological polar surface area (TPSA) is 75.4 Å². The van der Waals surface area contributed by atoms with Gasteiger partial charge in [0.15, 0.2) is 5.76 Å². The summed E-state index contributed by atoms with van der Waals surface area (Å²) in [7, 11) is 0. The molecule has 22 heavy (non-hydrogen) atoms. The number of hydrogen-bond acceptors (Lipinski definition) is 4. The number of pyridine rings is 1. The molecule has 0 saturated carbocycles. The standard InChI is InChI=1S/C16H17N3O3/c20-15(18-13-5-7-17-8-6-13)12-3-1-9-19(11-12)16(21)14-4-2-10-22-14/h2,4-8,10,12H,1,3,9,11H2,(H,17,18,20)/t12-/m0/s1. The Morgan fingerprint density at radius 1 is 1.27 bits per heavy atom. The van der Waals surface area contributed by atoms with Crippen molar-refractivity contribution in [2.24, 2.45) is 5.92 Å². The summed E-state index contributed by atoms with van der Waals surface area (Å²) < 4.78 is 5.14. The highest BCUT2D eigenvalue weighted by Gasteiger charge is 2.29. The fourth-order valence-corrected chi connectivity index (χ4v) is 2.61. The third kappa shape index (κ3) is 3.16. The molecule has 0 aromatic carbocycles. The van der Waals surface area contributed by atoms with Crippen molar-refractivity contribution in [3.05, 3.63) is 48.7 Å². The van der Waals surface area contributed by atoms with Crippen LogP contribution in [0.2, 0.25) is 0 Å².